The van der Waals surface area contributed by atoms with E-state index in [1.807, 2.05) is 97.9 Å². The maximum absolute atomic E-state index is 12.6. The number of anilines is 1. The predicted octanol–water partition coefficient (Wildman–Crippen LogP) is 6.38. The largest absolute Gasteiger partial charge is 0.322 e. The number of carbonyl (C=O) groups is 2. The Hall–Kier alpha value is -3.37. The molecule has 1 amide bonds. The molecule has 0 aliphatic heterocycles. The number of carbonyl (C=O) groups excluding carboxylic acids is 2. The Labute approximate surface area is 180 Å². The normalized spacial score (nSPS) is 10.7. The van der Waals surface area contributed by atoms with Gasteiger partial charge in [-0.05, 0) is 54.1 Å². The van der Waals surface area contributed by atoms with Crippen molar-refractivity contribution in [2.45, 2.75) is 11.8 Å². The van der Waals surface area contributed by atoms with Gasteiger partial charge < -0.3 is 5.32 Å². The second-order valence-electron chi connectivity index (χ2n) is 7.12. The van der Waals surface area contributed by atoms with Gasteiger partial charge in [-0.3, -0.25) is 9.59 Å². The van der Waals surface area contributed by atoms with E-state index in [1.54, 1.807) is 0 Å². The second kappa shape index (κ2) is 8.97. The number of aryl methyl sites for hydroxylation is 1. The van der Waals surface area contributed by atoms with Gasteiger partial charge in [0, 0.05) is 21.7 Å². The Morgan fingerprint density at radius 2 is 1.43 bits per heavy atom. The van der Waals surface area contributed by atoms with E-state index in [9.17, 15) is 9.59 Å². The van der Waals surface area contributed by atoms with Crippen LogP contribution in [0.2, 0.25) is 0 Å². The van der Waals surface area contributed by atoms with E-state index in [1.165, 1.54) is 11.8 Å². The van der Waals surface area contributed by atoms with Crippen LogP contribution in [-0.4, -0.2) is 17.4 Å². The first kappa shape index (κ1) is 19.9. The third kappa shape index (κ3) is 4.78. The number of hydrogen-bond donors (Lipinski definition) is 1. The fourth-order valence-corrected chi connectivity index (χ4v) is 3.93. The molecule has 0 fully saturated rings. The summed E-state index contributed by atoms with van der Waals surface area (Å²) in [5.41, 5.74) is 3.21. The van der Waals surface area contributed by atoms with Crippen LogP contribution in [0.3, 0.4) is 0 Å². The third-order valence-corrected chi connectivity index (χ3v) is 5.88. The van der Waals surface area contributed by atoms with E-state index in [4.69, 9.17) is 0 Å². The van der Waals surface area contributed by atoms with Gasteiger partial charge in [0.2, 0.25) is 0 Å². The number of Topliss-reactive ketones (excluding diaryl/α,β-unsaturated/α-hetero) is 1. The topological polar surface area (TPSA) is 46.2 Å². The monoisotopic (exact) mass is 411 g/mol. The maximum atomic E-state index is 12.6. The summed E-state index contributed by atoms with van der Waals surface area (Å²) in [4.78, 5) is 25.9. The number of thioether (sulfide) groups is 1. The van der Waals surface area contributed by atoms with Gasteiger partial charge in [0.25, 0.3) is 5.91 Å². The van der Waals surface area contributed by atoms with Gasteiger partial charge in [-0.25, -0.2) is 0 Å². The predicted molar refractivity (Wildman–Crippen MR) is 125 cm³/mol. The van der Waals surface area contributed by atoms with E-state index in [0.29, 0.717) is 11.3 Å². The Kier molecular flexibility index (Phi) is 5.96. The number of ketones is 1. The Morgan fingerprint density at radius 3 is 2.17 bits per heavy atom. The van der Waals surface area contributed by atoms with Crippen LogP contribution in [-0.2, 0) is 0 Å². The van der Waals surface area contributed by atoms with Gasteiger partial charge in [-0.1, -0.05) is 60.2 Å². The van der Waals surface area contributed by atoms with E-state index in [2.05, 4.69) is 5.32 Å². The van der Waals surface area contributed by atoms with Crippen LogP contribution >= 0.6 is 11.8 Å². The number of fused-ring (bicyclic) bond motifs is 1. The zero-order valence-corrected chi connectivity index (χ0v) is 17.4. The minimum Gasteiger partial charge on any atom is -0.322 e. The van der Waals surface area contributed by atoms with E-state index >= 15 is 0 Å². The highest BCUT2D eigenvalue weighted by molar-refractivity contribution is 8.00. The van der Waals surface area contributed by atoms with Crippen molar-refractivity contribution in [3.63, 3.8) is 0 Å². The zero-order valence-electron chi connectivity index (χ0n) is 16.6. The number of benzene rings is 4. The van der Waals surface area contributed by atoms with Gasteiger partial charge in [0.15, 0.2) is 5.78 Å². The molecule has 0 spiro atoms. The van der Waals surface area contributed by atoms with Crippen LogP contribution in [0.1, 0.15) is 26.3 Å². The third-order valence-electron chi connectivity index (χ3n) is 4.87. The Bertz CT molecular complexity index is 1200. The van der Waals surface area contributed by atoms with Crippen LogP contribution in [0.25, 0.3) is 10.8 Å². The average molecular weight is 412 g/mol. The lowest BCUT2D eigenvalue weighted by Crippen LogP contribution is -2.11. The first-order chi connectivity index (χ1) is 14.6. The molecule has 0 saturated carbocycles. The van der Waals surface area contributed by atoms with Gasteiger partial charge >= 0.3 is 0 Å². The molecule has 0 heterocycles. The number of hydrogen-bond acceptors (Lipinski definition) is 3. The molecule has 0 unspecified atom stereocenters. The van der Waals surface area contributed by atoms with Gasteiger partial charge in [0.1, 0.15) is 0 Å². The van der Waals surface area contributed by atoms with E-state index in [0.717, 1.165) is 32.5 Å². The van der Waals surface area contributed by atoms with Crippen molar-refractivity contribution in [2.24, 2.45) is 0 Å². The summed E-state index contributed by atoms with van der Waals surface area (Å²) in [5.74, 6) is 0.343. The molecule has 1 N–H and O–H groups in total. The van der Waals surface area contributed by atoms with Crippen LogP contribution in [0.15, 0.2) is 95.9 Å². The minimum atomic E-state index is -0.143. The molecule has 148 valence electrons. The summed E-state index contributed by atoms with van der Waals surface area (Å²) in [5, 5.41) is 5.08. The maximum Gasteiger partial charge on any atom is 0.255 e. The number of rotatable bonds is 6. The molecule has 0 radical (unpaired) electrons. The van der Waals surface area contributed by atoms with Gasteiger partial charge in [-0.15, -0.1) is 11.8 Å². The number of amides is 1. The molecule has 0 aliphatic carbocycles. The van der Waals surface area contributed by atoms with Crippen molar-refractivity contribution >= 4 is 39.9 Å². The highest BCUT2D eigenvalue weighted by atomic mass is 32.2. The lowest BCUT2D eigenvalue weighted by Gasteiger charge is -2.08. The molecule has 4 rings (SSSR count). The highest BCUT2D eigenvalue weighted by Crippen LogP contribution is 2.22. The SMILES string of the molecule is Cc1ccc(C(=O)CSc2ccc(NC(=O)c3ccc4ccccc4c3)cc2)cc1. The number of nitrogens with one attached hydrogen (secondary N) is 1. The molecule has 4 heteroatoms. The molecule has 4 aromatic rings. The summed E-state index contributed by atoms with van der Waals surface area (Å²) in [6, 6.07) is 28.8. The first-order valence-corrected chi connectivity index (χ1v) is 10.7. The molecule has 0 bridgehead atoms. The highest BCUT2D eigenvalue weighted by Gasteiger charge is 2.09. The van der Waals surface area contributed by atoms with Crippen LogP contribution in [0.5, 0.6) is 0 Å². The average Bonchev–Trinajstić information content (AvgIpc) is 2.78. The fraction of sp³-hybridized carbons (Fsp3) is 0.0769. The molecule has 4 aromatic carbocycles. The quantitative estimate of drug-likeness (QED) is 0.296. The summed E-state index contributed by atoms with van der Waals surface area (Å²) >= 11 is 1.49. The standard InChI is InChI=1S/C26H21NO2S/c1-18-6-8-20(9-7-18)25(28)17-30-24-14-12-23(13-15-24)27-26(29)22-11-10-19-4-2-3-5-21(19)16-22/h2-16H,17H2,1H3,(H,27,29). The van der Waals surface area contributed by atoms with Crippen molar-refractivity contribution in [1.29, 1.82) is 0 Å². The summed E-state index contributed by atoms with van der Waals surface area (Å²) < 4.78 is 0. The fourth-order valence-electron chi connectivity index (χ4n) is 3.14. The van der Waals surface area contributed by atoms with Gasteiger partial charge in [-0.2, -0.15) is 0 Å². The van der Waals surface area contributed by atoms with Gasteiger partial charge in [0.05, 0.1) is 5.75 Å². The van der Waals surface area contributed by atoms with Crippen LogP contribution in [0.4, 0.5) is 5.69 Å². The lowest BCUT2D eigenvalue weighted by molar-refractivity contribution is 0.101. The Balaban J connectivity index is 1.36. The Morgan fingerprint density at radius 1 is 0.767 bits per heavy atom. The zero-order chi connectivity index (χ0) is 20.9. The first-order valence-electron chi connectivity index (χ1n) is 9.71. The lowest BCUT2D eigenvalue weighted by atomic mass is 10.1. The molecule has 0 atom stereocenters. The summed E-state index contributed by atoms with van der Waals surface area (Å²) in [6.07, 6.45) is 0. The van der Waals surface area contributed by atoms with Crippen LogP contribution in [0, 0.1) is 6.92 Å². The molecular weight excluding hydrogens is 390 g/mol. The summed E-state index contributed by atoms with van der Waals surface area (Å²) in [6.45, 7) is 2.00. The molecule has 3 nitrogen and oxygen atoms in total. The minimum absolute atomic E-state index is 0.105. The molecule has 0 aliphatic rings. The van der Waals surface area contributed by atoms with Crippen LogP contribution < -0.4 is 5.32 Å². The van der Waals surface area contributed by atoms with E-state index < -0.39 is 0 Å². The van der Waals surface area contributed by atoms with Crippen molar-refractivity contribution < 1.29 is 9.59 Å². The molecule has 0 saturated heterocycles. The van der Waals surface area contributed by atoms with Crippen molar-refractivity contribution in [2.75, 3.05) is 11.1 Å². The summed E-state index contributed by atoms with van der Waals surface area (Å²) in [7, 11) is 0. The molecular formula is C26H21NO2S. The van der Waals surface area contributed by atoms with E-state index in [-0.39, 0.29) is 11.7 Å². The molecule has 30 heavy (non-hydrogen) atoms. The smallest absolute Gasteiger partial charge is 0.255 e. The van der Waals surface area contributed by atoms with Crippen molar-refractivity contribution in [3.05, 3.63) is 108 Å². The second-order valence-corrected chi connectivity index (χ2v) is 8.17. The van der Waals surface area contributed by atoms with Crippen molar-refractivity contribution in [1.82, 2.24) is 0 Å². The molecule has 0 aromatic heterocycles. The van der Waals surface area contributed by atoms with Crippen molar-refractivity contribution in [3.8, 4) is 0 Å².